The molecule has 0 unspecified atom stereocenters. The highest BCUT2D eigenvalue weighted by molar-refractivity contribution is 5.71. The van der Waals surface area contributed by atoms with E-state index in [1.807, 2.05) is 26.0 Å². The SMILES string of the molecule is CCOC(=O)C[C@@H]1CCc2cc(OCCc3oc(-c4ccc(C)c(F)c4)nc3C)ccc21. The maximum atomic E-state index is 13.9. The Labute approximate surface area is 187 Å². The lowest BCUT2D eigenvalue weighted by Gasteiger charge is -2.12. The smallest absolute Gasteiger partial charge is 0.306 e. The Balaban J connectivity index is 1.36. The average Bonchev–Trinajstić information content (AvgIpc) is 3.33. The van der Waals surface area contributed by atoms with E-state index >= 15 is 0 Å². The van der Waals surface area contributed by atoms with Crippen molar-refractivity contribution in [2.24, 2.45) is 0 Å². The van der Waals surface area contributed by atoms with Crippen LogP contribution in [0.5, 0.6) is 5.75 Å². The molecule has 0 saturated carbocycles. The first-order valence-electron chi connectivity index (χ1n) is 11.1. The lowest BCUT2D eigenvalue weighted by Crippen LogP contribution is -2.08. The molecule has 0 radical (unpaired) electrons. The van der Waals surface area contributed by atoms with Gasteiger partial charge in [0.2, 0.25) is 5.89 Å². The number of halogens is 1. The van der Waals surface area contributed by atoms with Crippen LogP contribution in [0.25, 0.3) is 11.5 Å². The number of carbonyl (C=O) groups excluding carboxylic acids is 1. The monoisotopic (exact) mass is 437 g/mol. The topological polar surface area (TPSA) is 61.6 Å². The zero-order chi connectivity index (χ0) is 22.7. The number of hydrogen-bond acceptors (Lipinski definition) is 5. The number of esters is 1. The summed E-state index contributed by atoms with van der Waals surface area (Å²) in [6, 6.07) is 11.1. The van der Waals surface area contributed by atoms with Crippen LogP contribution in [0.1, 0.15) is 53.8 Å². The highest BCUT2D eigenvalue weighted by Crippen LogP contribution is 2.37. The molecule has 4 rings (SSSR count). The second-order valence-electron chi connectivity index (χ2n) is 8.20. The number of benzene rings is 2. The Kier molecular flexibility index (Phi) is 6.58. The Bertz CT molecular complexity index is 1120. The zero-order valence-corrected chi connectivity index (χ0v) is 18.7. The quantitative estimate of drug-likeness (QED) is 0.423. The van der Waals surface area contributed by atoms with Crippen LogP contribution >= 0.6 is 0 Å². The van der Waals surface area contributed by atoms with Crippen LogP contribution in [0.15, 0.2) is 40.8 Å². The van der Waals surface area contributed by atoms with Crippen molar-refractivity contribution in [2.75, 3.05) is 13.2 Å². The predicted octanol–water partition coefficient (Wildman–Crippen LogP) is 5.70. The van der Waals surface area contributed by atoms with Crippen LogP contribution < -0.4 is 4.74 Å². The lowest BCUT2D eigenvalue weighted by molar-refractivity contribution is -0.143. The third-order valence-electron chi connectivity index (χ3n) is 5.94. The van der Waals surface area contributed by atoms with E-state index in [2.05, 4.69) is 17.1 Å². The molecule has 0 saturated heterocycles. The van der Waals surface area contributed by atoms with Gasteiger partial charge in [-0.3, -0.25) is 4.79 Å². The lowest BCUT2D eigenvalue weighted by atomic mass is 9.98. The molecule has 32 heavy (non-hydrogen) atoms. The summed E-state index contributed by atoms with van der Waals surface area (Å²) in [7, 11) is 0. The highest BCUT2D eigenvalue weighted by Gasteiger charge is 2.25. The Morgan fingerprint density at radius 3 is 2.84 bits per heavy atom. The number of hydrogen-bond donors (Lipinski definition) is 0. The van der Waals surface area contributed by atoms with Gasteiger partial charge >= 0.3 is 5.97 Å². The van der Waals surface area contributed by atoms with Gasteiger partial charge < -0.3 is 13.9 Å². The molecule has 3 aromatic rings. The van der Waals surface area contributed by atoms with Gasteiger partial charge in [-0.1, -0.05) is 12.1 Å². The maximum Gasteiger partial charge on any atom is 0.306 e. The number of aryl methyl sites for hydroxylation is 3. The molecule has 0 spiro atoms. The van der Waals surface area contributed by atoms with E-state index in [1.54, 1.807) is 13.0 Å². The molecule has 2 aromatic carbocycles. The molecule has 168 valence electrons. The van der Waals surface area contributed by atoms with E-state index in [0.29, 0.717) is 43.1 Å². The second-order valence-corrected chi connectivity index (χ2v) is 8.20. The molecule has 0 N–H and O–H groups in total. The molecule has 1 aliphatic carbocycles. The summed E-state index contributed by atoms with van der Waals surface area (Å²) >= 11 is 0. The molecule has 0 amide bonds. The Morgan fingerprint density at radius 1 is 1.22 bits per heavy atom. The Hall–Kier alpha value is -3.15. The van der Waals surface area contributed by atoms with Gasteiger partial charge in [0, 0.05) is 12.0 Å². The minimum absolute atomic E-state index is 0.138. The van der Waals surface area contributed by atoms with E-state index in [1.165, 1.54) is 17.2 Å². The summed E-state index contributed by atoms with van der Waals surface area (Å²) in [5.74, 6) is 1.77. The van der Waals surface area contributed by atoms with Gasteiger partial charge in [-0.2, -0.15) is 0 Å². The number of oxazole rings is 1. The number of nitrogens with zero attached hydrogens (tertiary/aromatic N) is 1. The van der Waals surface area contributed by atoms with E-state index < -0.39 is 0 Å². The molecule has 5 nitrogen and oxygen atoms in total. The number of aromatic nitrogens is 1. The maximum absolute atomic E-state index is 13.9. The van der Waals surface area contributed by atoms with E-state index in [-0.39, 0.29) is 17.7 Å². The molecule has 1 aliphatic rings. The van der Waals surface area contributed by atoms with Gasteiger partial charge in [-0.05, 0) is 80.5 Å². The third-order valence-corrected chi connectivity index (χ3v) is 5.94. The number of rotatable bonds is 8. The Morgan fingerprint density at radius 2 is 2.06 bits per heavy atom. The van der Waals surface area contributed by atoms with Crippen LogP contribution in [0.2, 0.25) is 0 Å². The largest absolute Gasteiger partial charge is 0.493 e. The van der Waals surface area contributed by atoms with Crippen molar-refractivity contribution < 1.29 is 23.1 Å². The van der Waals surface area contributed by atoms with Crippen LogP contribution in [0.3, 0.4) is 0 Å². The average molecular weight is 438 g/mol. The van der Waals surface area contributed by atoms with E-state index in [0.717, 1.165) is 30.0 Å². The van der Waals surface area contributed by atoms with Crippen molar-refractivity contribution >= 4 is 5.97 Å². The molecule has 6 heteroatoms. The first-order valence-corrected chi connectivity index (χ1v) is 11.1. The molecular formula is C26H28FNO4. The first kappa shape index (κ1) is 22.1. The predicted molar refractivity (Wildman–Crippen MR) is 119 cm³/mol. The minimum Gasteiger partial charge on any atom is -0.493 e. The van der Waals surface area contributed by atoms with Crippen molar-refractivity contribution in [1.82, 2.24) is 4.98 Å². The van der Waals surface area contributed by atoms with Gasteiger partial charge in [0.25, 0.3) is 0 Å². The normalized spacial score (nSPS) is 14.9. The van der Waals surface area contributed by atoms with E-state index in [9.17, 15) is 9.18 Å². The zero-order valence-electron chi connectivity index (χ0n) is 18.7. The number of fused-ring (bicyclic) bond motifs is 1. The third kappa shape index (κ3) is 4.85. The van der Waals surface area contributed by atoms with E-state index in [4.69, 9.17) is 13.9 Å². The first-order chi connectivity index (χ1) is 15.4. The molecule has 1 heterocycles. The van der Waals surface area contributed by atoms with Gasteiger partial charge in [0.15, 0.2) is 0 Å². The molecule has 1 aromatic heterocycles. The minimum atomic E-state index is -0.274. The molecule has 0 aliphatic heterocycles. The fraction of sp³-hybridized carbons (Fsp3) is 0.385. The summed E-state index contributed by atoms with van der Waals surface area (Å²) in [6.45, 7) is 6.30. The van der Waals surface area contributed by atoms with Crippen LogP contribution in [-0.2, 0) is 22.4 Å². The summed E-state index contributed by atoms with van der Waals surface area (Å²) in [6.07, 6.45) is 2.89. The van der Waals surface area contributed by atoms with Crippen molar-refractivity contribution in [3.8, 4) is 17.2 Å². The van der Waals surface area contributed by atoms with Crippen LogP contribution in [-0.4, -0.2) is 24.2 Å². The van der Waals surface area contributed by atoms with Crippen LogP contribution in [0, 0.1) is 19.7 Å². The number of ether oxygens (including phenoxy) is 2. The van der Waals surface area contributed by atoms with Gasteiger partial charge in [0.05, 0.1) is 25.3 Å². The highest BCUT2D eigenvalue weighted by atomic mass is 19.1. The summed E-state index contributed by atoms with van der Waals surface area (Å²) < 4.78 is 30.8. The molecule has 0 fully saturated rings. The van der Waals surface area contributed by atoms with Gasteiger partial charge in [0.1, 0.15) is 17.3 Å². The summed E-state index contributed by atoms with van der Waals surface area (Å²) in [5, 5.41) is 0. The van der Waals surface area contributed by atoms with Crippen molar-refractivity contribution in [3.05, 3.63) is 70.4 Å². The molecular weight excluding hydrogens is 409 g/mol. The summed E-state index contributed by atoms with van der Waals surface area (Å²) in [4.78, 5) is 16.3. The van der Waals surface area contributed by atoms with Crippen LogP contribution in [0.4, 0.5) is 4.39 Å². The fourth-order valence-electron chi connectivity index (χ4n) is 4.18. The second kappa shape index (κ2) is 9.55. The summed E-state index contributed by atoms with van der Waals surface area (Å²) in [5.41, 5.74) is 4.44. The van der Waals surface area contributed by atoms with Crippen molar-refractivity contribution in [3.63, 3.8) is 0 Å². The standard InChI is InChI=1S/C26H28FNO4/c1-4-30-25(29)15-19-8-7-18-13-21(9-10-22(18)19)31-12-11-24-17(3)28-26(32-24)20-6-5-16(2)23(27)14-20/h5-6,9-10,13-14,19H,4,7-8,11-12,15H2,1-3H3/t19-/m0/s1. The fourth-order valence-corrected chi connectivity index (χ4v) is 4.18. The van der Waals surface area contributed by atoms with Crippen molar-refractivity contribution in [1.29, 1.82) is 0 Å². The number of carbonyl (C=O) groups is 1. The van der Waals surface area contributed by atoms with Crippen molar-refractivity contribution in [2.45, 2.75) is 52.4 Å². The van der Waals surface area contributed by atoms with Gasteiger partial charge in [-0.15, -0.1) is 0 Å². The van der Waals surface area contributed by atoms with Gasteiger partial charge in [-0.25, -0.2) is 9.37 Å². The molecule has 0 bridgehead atoms. The molecule has 1 atom stereocenters.